The first kappa shape index (κ1) is 15.0. The highest BCUT2D eigenvalue weighted by atomic mass is 79.9. The number of carbonyl (C=O) groups excluding carboxylic acids is 1. The molecule has 1 aromatic carbocycles. The number of hydrogen-bond acceptors (Lipinski definition) is 3. The highest BCUT2D eigenvalue weighted by Crippen LogP contribution is 2.24. The third-order valence-corrected chi connectivity index (χ3v) is 4.09. The maximum Gasteiger partial charge on any atom is 0.251 e. The van der Waals surface area contributed by atoms with Crippen molar-refractivity contribution in [2.24, 2.45) is 5.73 Å². The SMILES string of the molecule is CCOC1CC(N)C1NC(=O)c1cc(Br)cc(Br)c1. The number of halogens is 2. The number of rotatable bonds is 4. The Labute approximate surface area is 129 Å². The lowest BCUT2D eigenvalue weighted by Crippen LogP contribution is -2.64. The first-order valence-corrected chi connectivity index (χ1v) is 7.74. The van der Waals surface area contributed by atoms with Crippen LogP contribution in [0.1, 0.15) is 23.7 Å². The zero-order valence-corrected chi connectivity index (χ0v) is 13.7. The molecule has 0 saturated heterocycles. The molecule has 104 valence electrons. The van der Waals surface area contributed by atoms with Crippen LogP contribution in [0, 0.1) is 0 Å². The van der Waals surface area contributed by atoms with Crippen molar-refractivity contribution in [2.75, 3.05) is 6.61 Å². The number of hydrogen-bond donors (Lipinski definition) is 2. The van der Waals surface area contributed by atoms with E-state index in [1.165, 1.54) is 0 Å². The van der Waals surface area contributed by atoms with Crippen molar-refractivity contribution in [3.05, 3.63) is 32.7 Å². The minimum absolute atomic E-state index is 0.0274. The Morgan fingerprint density at radius 3 is 2.58 bits per heavy atom. The number of amides is 1. The second kappa shape index (κ2) is 6.35. The molecule has 1 aromatic rings. The number of benzene rings is 1. The molecular formula is C13H16Br2N2O2. The lowest BCUT2D eigenvalue weighted by atomic mass is 9.83. The first-order chi connectivity index (χ1) is 9.01. The van der Waals surface area contributed by atoms with Crippen molar-refractivity contribution in [3.63, 3.8) is 0 Å². The molecule has 0 radical (unpaired) electrons. The highest BCUT2D eigenvalue weighted by molar-refractivity contribution is 9.11. The number of nitrogens with one attached hydrogen (secondary N) is 1. The van der Waals surface area contributed by atoms with Gasteiger partial charge in [-0.05, 0) is 31.5 Å². The first-order valence-electron chi connectivity index (χ1n) is 6.15. The van der Waals surface area contributed by atoms with Crippen LogP contribution in [-0.2, 0) is 4.74 Å². The monoisotopic (exact) mass is 390 g/mol. The quantitative estimate of drug-likeness (QED) is 0.828. The molecule has 1 aliphatic carbocycles. The maximum atomic E-state index is 12.2. The zero-order chi connectivity index (χ0) is 14.0. The summed E-state index contributed by atoms with van der Waals surface area (Å²) in [4.78, 5) is 12.2. The van der Waals surface area contributed by atoms with E-state index in [2.05, 4.69) is 37.2 Å². The van der Waals surface area contributed by atoms with E-state index in [1.54, 1.807) is 12.1 Å². The Morgan fingerprint density at radius 1 is 1.42 bits per heavy atom. The van der Waals surface area contributed by atoms with Crippen molar-refractivity contribution in [3.8, 4) is 0 Å². The van der Waals surface area contributed by atoms with Gasteiger partial charge in [0.05, 0.1) is 12.1 Å². The Balaban J connectivity index is 2.04. The van der Waals surface area contributed by atoms with Gasteiger partial charge in [-0.25, -0.2) is 0 Å². The average Bonchev–Trinajstić information content (AvgIpc) is 2.34. The minimum Gasteiger partial charge on any atom is -0.376 e. The molecule has 3 unspecified atom stereocenters. The van der Waals surface area contributed by atoms with Crippen LogP contribution < -0.4 is 11.1 Å². The summed E-state index contributed by atoms with van der Waals surface area (Å²) in [5.74, 6) is -0.133. The van der Waals surface area contributed by atoms with Crippen LogP contribution in [0.25, 0.3) is 0 Å². The summed E-state index contributed by atoms with van der Waals surface area (Å²) in [6, 6.07) is 5.30. The number of carbonyl (C=O) groups is 1. The van der Waals surface area contributed by atoms with Crippen molar-refractivity contribution >= 4 is 37.8 Å². The highest BCUT2D eigenvalue weighted by Gasteiger charge is 2.40. The Morgan fingerprint density at radius 2 is 2.05 bits per heavy atom. The third-order valence-electron chi connectivity index (χ3n) is 3.17. The summed E-state index contributed by atoms with van der Waals surface area (Å²) in [6.45, 7) is 2.57. The fourth-order valence-electron chi connectivity index (χ4n) is 2.15. The third kappa shape index (κ3) is 3.56. The largest absolute Gasteiger partial charge is 0.376 e. The van der Waals surface area contributed by atoms with Crippen LogP contribution in [-0.4, -0.2) is 30.7 Å². The molecule has 6 heteroatoms. The minimum atomic E-state index is -0.133. The van der Waals surface area contributed by atoms with Crippen LogP contribution in [0.4, 0.5) is 0 Å². The standard InChI is InChI=1S/C13H16Br2N2O2/c1-2-19-11-6-10(16)12(11)17-13(18)7-3-8(14)5-9(15)4-7/h3-5,10-12H,2,6,16H2,1H3,(H,17,18). The van der Waals surface area contributed by atoms with E-state index < -0.39 is 0 Å². The number of ether oxygens (including phenoxy) is 1. The molecule has 0 bridgehead atoms. The van der Waals surface area contributed by atoms with Gasteiger partial charge in [-0.1, -0.05) is 31.9 Å². The van der Waals surface area contributed by atoms with E-state index >= 15 is 0 Å². The summed E-state index contributed by atoms with van der Waals surface area (Å²) in [5.41, 5.74) is 6.51. The molecule has 0 heterocycles. The molecular weight excluding hydrogens is 376 g/mol. The van der Waals surface area contributed by atoms with Crippen LogP contribution in [0.2, 0.25) is 0 Å². The molecule has 1 saturated carbocycles. The van der Waals surface area contributed by atoms with Crippen LogP contribution in [0.15, 0.2) is 27.1 Å². The molecule has 1 fully saturated rings. The summed E-state index contributed by atoms with van der Waals surface area (Å²) in [5, 5.41) is 2.94. The van der Waals surface area contributed by atoms with Gasteiger partial charge in [0.2, 0.25) is 0 Å². The lowest BCUT2D eigenvalue weighted by molar-refractivity contribution is -0.0300. The summed E-state index contributed by atoms with van der Waals surface area (Å²) < 4.78 is 7.24. The van der Waals surface area contributed by atoms with Gasteiger partial charge in [0, 0.05) is 27.2 Å². The van der Waals surface area contributed by atoms with E-state index in [0.717, 1.165) is 15.4 Å². The van der Waals surface area contributed by atoms with Gasteiger partial charge in [0.15, 0.2) is 0 Å². The molecule has 0 spiro atoms. The van der Waals surface area contributed by atoms with Crippen molar-refractivity contribution < 1.29 is 9.53 Å². The molecule has 0 aliphatic heterocycles. The predicted octanol–water partition coefficient (Wildman–Crippen LogP) is 2.45. The molecule has 2 rings (SSSR count). The van der Waals surface area contributed by atoms with Crippen LogP contribution in [0.3, 0.4) is 0 Å². The van der Waals surface area contributed by atoms with Gasteiger partial charge >= 0.3 is 0 Å². The fraction of sp³-hybridized carbons (Fsp3) is 0.462. The van der Waals surface area contributed by atoms with Crippen molar-refractivity contribution in [1.29, 1.82) is 0 Å². The topological polar surface area (TPSA) is 64.3 Å². The van der Waals surface area contributed by atoms with Gasteiger partial charge < -0.3 is 15.8 Å². The predicted molar refractivity (Wildman–Crippen MR) is 81.1 cm³/mol. The zero-order valence-electron chi connectivity index (χ0n) is 10.5. The fourth-order valence-corrected chi connectivity index (χ4v) is 3.44. The molecule has 1 amide bonds. The van der Waals surface area contributed by atoms with Crippen LogP contribution >= 0.6 is 31.9 Å². The Bertz CT molecular complexity index is 459. The second-order valence-corrected chi connectivity index (χ2v) is 6.38. The van der Waals surface area contributed by atoms with Gasteiger partial charge in [0.25, 0.3) is 5.91 Å². The van der Waals surface area contributed by atoms with Gasteiger partial charge in [-0.2, -0.15) is 0 Å². The van der Waals surface area contributed by atoms with Gasteiger partial charge in [-0.3, -0.25) is 4.79 Å². The van der Waals surface area contributed by atoms with E-state index in [-0.39, 0.29) is 24.1 Å². The molecule has 4 nitrogen and oxygen atoms in total. The van der Waals surface area contributed by atoms with E-state index in [4.69, 9.17) is 10.5 Å². The van der Waals surface area contributed by atoms with Crippen LogP contribution in [0.5, 0.6) is 0 Å². The normalized spacial score (nSPS) is 25.8. The van der Waals surface area contributed by atoms with E-state index in [1.807, 2.05) is 13.0 Å². The molecule has 3 atom stereocenters. The lowest BCUT2D eigenvalue weighted by Gasteiger charge is -2.42. The average molecular weight is 392 g/mol. The Hall–Kier alpha value is -0.430. The summed E-state index contributed by atoms with van der Waals surface area (Å²) in [6.07, 6.45) is 0.820. The molecule has 1 aliphatic rings. The van der Waals surface area contributed by atoms with Crippen molar-refractivity contribution in [1.82, 2.24) is 5.32 Å². The summed E-state index contributed by atoms with van der Waals surface area (Å²) in [7, 11) is 0. The Kier molecular flexibility index (Phi) is 5.00. The molecule has 3 N–H and O–H groups in total. The maximum absolute atomic E-state index is 12.2. The second-order valence-electron chi connectivity index (χ2n) is 4.55. The summed E-state index contributed by atoms with van der Waals surface area (Å²) >= 11 is 6.74. The molecule has 0 aromatic heterocycles. The van der Waals surface area contributed by atoms with E-state index in [9.17, 15) is 4.79 Å². The van der Waals surface area contributed by atoms with Gasteiger partial charge in [0.1, 0.15) is 0 Å². The van der Waals surface area contributed by atoms with Gasteiger partial charge in [-0.15, -0.1) is 0 Å². The molecule has 19 heavy (non-hydrogen) atoms. The number of nitrogens with two attached hydrogens (primary N) is 1. The van der Waals surface area contributed by atoms with E-state index in [0.29, 0.717) is 12.2 Å². The smallest absolute Gasteiger partial charge is 0.251 e. The van der Waals surface area contributed by atoms with Crippen molar-refractivity contribution in [2.45, 2.75) is 31.5 Å².